The van der Waals surface area contributed by atoms with Crippen molar-refractivity contribution in [1.29, 1.82) is 0 Å². The van der Waals surface area contributed by atoms with Crippen molar-refractivity contribution in [3.63, 3.8) is 0 Å². The molecule has 106 valence electrons. The van der Waals surface area contributed by atoms with E-state index in [4.69, 9.17) is 0 Å². The Bertz CT molecular complexity index is 463. The lowest BCUT2D eigenvalue weighted by molar-refractivity contribution is -0.144. The van der Waals surface area contributed by atoms with Crippen molar-refractivity contribution in [3.05, 3.63) is 5.82 Å². The molecule has 1 atom stereocenters. The van der Waals surface area contributed by atoms with Gasteiger partial charge in [-0.3, -0.25) is 4.79 Å². The van der Waals surface area contributed by atoms with Crippen LogP contribution in [0.25, 0.3) is 0 Å². The number of halogens is 3. The summed E-state index contributed by atoms with van der Waals surface area (Å²) in [6.45, 7) is 1.35. The normalized spacial score (nSPS) is 20.4. The summed E-state index contributed by atoms with van der Waals surface area (Å²) in [5.74, 6) is -1.43. The van der Waals surface area contributed by atoms with E-state index in [0.717, 1.165) is 0 Å². The Morgan fingerprint density at radius 3 is 2.89 bits per heavy atom. The molecule has 2 N–H and O–H groups in total. The maximum Gasteiger partial charge on any atom is 0.452 e. The van der Waals surface area contributed by atoms with E-state index in [1.54, 1.807) is 4.90 Å². The predicted molar refractivity (Wildman–Crippen MR) is 63.0 cm³/mol. The highest BCUT2D eigenvalue weighted by Crippen LogP contribution is 2.31. The topological polar surface area (TPSA) is 70.2 Å². The molecule has 1 aliphatic heterocycles. The van der Waals surface area contributed by atoms with Crippen molar-refractivity contribution in [2.75, 3.05) is 31.6 Å². The van der Waals surface area contributed by atoms with Crippen LogP contribution in [0.5, 0.6) is 0 Å². The molecule has 2 rings (SSSR count). The maximum atomic E-state index is 12.5. The van der Waals surface area contributed by atoms with Crippen LogP contribution in [0.1, 0.15) is 5.82 Å². The predicted octanol–water partition coefficient (Wildman–Crippen LogP) is 0.0811. The number of hydrogen-bond donors (Lipinski definition) is 2. The van der Waals surface area contributed by atoms with Crippen LogP contribution in [0.3, 0.4) is 0 Å². The standard InChI is InChI=1S/C9H12F3N5OS/c1-13-6(18)5-4-14-2-3-17(5)8-15-7(16-19-8)9(10,11)12/h5,14H,2-4H2,1H3,(H,13,18). The molecule has 1 aliphatic rings. The number of piperazine rings is 1. The lowest BCUT2D eigenvalue weighted by Gasteiger charge is -2.34. The molecule has 1 saturated heterocycles. The van der Waals surface area contributed by atoms with Crippen molar-refractivity contribution in [3.8, 4) is 0 Å². The monoisotopic (exact) mass is 295 g/mol. The van der Waals surface area contributed by atoms with Gasteiger partial charge in [0.25, 0.3) is 0 Å². The highest BCUT2D eigenvalue weighted by atomic mass is 32.1. The first-order valence-electron chi connectivity index (χ1n) is 5.53. The average Bonchev–Trinajstić information content (AvgIpc) is 2.87. The maximum absolute atomic E-state index is 12.5. The zero-order valence-electron chi connectivity index (χ0n) is 9.99. The van der Waals surface area contributed by atoms with Gasteiger partial charge in [0.1, 0.15) is 6.04 Å². The van der Waals surface area contributed by atoms with Gasteiger partial charge in [0.2, 0.25) is 16.9 Å². The van der Waals surface area contributed by atoms with Crippen molar-refractivity contribution >= 4 is 22.6 Å². The SMILES string of the molecule is CNC(=O)C1CNCCN1c1nc(C(F)(F)F)ns1. The molecule has 0 aromatic carbocycles. The second-order valence-corrected chi connectivity index (χ2v) is 4.66. The first-order chi connectivity index (χ1) is 8.93. The van der Waals surface area contributed by atoms with Gasteiger partial charge in [0.05, 0.1) is 0 Å². The number of alkyl halides is 3. The Morgan fingerprint density at radius 2 is 2.32 bits per heavy atom. The summed E-state index contributed by atoms with van der Waals surface area (Å²) in [6, 6.07) is -0.576. The Hall–Kier alpha value is -1.42. The third kappa shape index (κ3) is 2.95. The summed E-state index contributed by atoms with van der Waals surface area (Å²) in [7, 11) is 1.48. The zero-order valence-corrected chi connectivity index (χ0v) is 10.8. The number of carbonyl (C=O) groups is 1. The Kier molecular flexibility index (Phi) is 3.90. The molecule has 10 heteroatoms. The van der Waals surface area contributed by atoms with Crippen molar-refractivity contribution in [1.82, 2.24) is 20.0 Å². The van der Waals surface area contributed by atoms with Crippen molar-refractivity contribution in [2.24, 2.45) is 0 Å². The molecule has 0 spiro atoms. The van der Waals surface area contributed by atoms with Gasteiger partial charge in [-0.25, -0.2) is 0 Å². The molecule has 1 aromatic rings. The fraction of sp³-hybridized carbons (Fsp3) is 0.667. The second-order valence-electron chi connectivity index (χ2n) is 3.93. The van der Waals surface area contributed by atoms with Crippen LogP contribution in [0.15, 0.2) is 0 Å². The van der Waals surface area contributed by atoms with Gasteiger partial charge in [0, 0.05) is 38.2 Å². The summed E-state index contributed by atoms with van der Waals surface area (Å²) in [6.07, 6.45) is -4.56. The molecular formula is C9H12F3N5OS. The van der Waals surface area contributed by atoms with Crippen LogP contribution in [0, 0.1) is 0 Å². The van der Waals surface area contributed by atoms with E-state index in [1.165, 1.54) is 7.05 Å². The van der Waals surface area contributed by atoms with Crippen molar-refractivity contribution in [2.45, 2.75) is 12.2 Å². The number of carbonyl (C=O) groups excluding carboxylic acids is 1. The highest BCUT2D eigenvalue weighted by Gasteiger charge is 2.38. The molecule has 1 aromatic heterocycles. The van der Waals surface area contributed by atoms with Gasteiger partial charge in [-0.05, 0) is 0 Å². The molecule has 1 amide bonds. The number of likely N-dealkylation sites (N-methyl/N-ethyl adjacent to an activating group) is 1. The Balaban J connectivity index is 2.23. The van der Waals surface area contributed by atoms with E-state index in [2.05, 4.69) is 20.0 Å². The van der Waals surface area contributed by atoms with Crippen LogP contribution in [0.2, 0.25) is 0 Å². The van der Waals surface area contributed by atoms with E-state index in [1.807, 2.05) is 0 Å². The molecule has 0 saturated carbocycles. The summed E-state index contributed by atoms with van der Waals surface area (Å²) >= 11 is 0.652. The van der Waals surface area contributed by atoms with Crippen LogP contribution >= 0.6 is 11.5 Å². The van der Waals surface area contributed by atoms with Gasteiger partial charge in [-0.15, -0.1) is 0 Å². The molecule has 1 unspecified atom stereocenters. The molecule has 2 heterocycles. The lowest BCUT2D eigenvalue weighted by atomic mass is 10.2. The van der Waals surface area contributed by atoms with Crippen LogP contribution < -0.4 is 15.5 Å². The van der Waals surface area contributed by atoms with Gasteiger partial charge in [-0.1, -0.05) is 0 Å². The fourth-order valence-corrected chi connectivity index (χ4v) is 2.54. The van der Waals surface area contributed by atoms with E-state index in [-0.39, 0.29) is 11.0 Å². The summed E-state index contributed by atoms with van der Waals surface area (Å²) in [5.41, 5.74) is 0. The van der Waals surface area contributed by atoms with E-state index in [9.17, 15) is 18.0 Å². The van der Waals surface area contributed by atoms with E-state index < -0.39 is 18.0 Å². The molecule has 0 bridgehead atoms. The summed E-state index contributed by atoms with van der Waals surface area (Å²) in [4.78, 5) is 16.7. The Morgan fingerprint density at radius 1 is 1.58 bits per heavy atom. The largest absolute Gasteiger partial charge is 0.452 e. The minimum Gasteiger partial charge on any atom is -0.357 e. The van der Waals surface area contributed by atoms with Crippen molar-refractivity contribution < 1.29 is 18.0 Å². The van der Waals surface area contributed by atoms with Gasteiger partial charge < -0.3 is 15.5 Å². The van der Waals surface area contributed by atoms with Crippen LogP contribution in [0.4, 0.5) is 18.3 Å². The fourth-order valence-electron chi connectivity index (χ4n) is 1.78. The number of nitrogens with zero attached hydrogens (tertiary/aromatic N) is 3. The Labute approximate surface area is 111 Å². The molecular weight excluding hydrogens is 283 g/mol. The molecule has 1 fully saturated rings. The highest BCUT2D eigenvalue weighted by molar-refractivity contribution is 7.09. The summed E-state index contributed by atoms with van der Waals surface area (Å²) < 4.78 is 40.7. The smallest absolute Gasteiger partial charge is 0.357 e. The number of anilines is 1. The first-order valence-corrected chi connectivity index (χ1v) is 6.30. The van der Waals surface area contributed by atoms with E-state index >= 15 is 0 Å². The number of aromatic nitrogens is 2. The number of amides is 1. The number of rotatable bonds is 2. The quantitative estimate of drug-likeness (QED) is 0.809. The third-order valence-electron chi connectivity index (χ3n) is 2.71. The van der Waals surface area contributed by atoms with E-state index in [0.29, 0.717) is 31.2 Å². The first kappa shape index (κ1) is 14.0. The minimum absolute atomic E-state index is 0.113. The van der Waals surface area contributed by atoms with Gasteiger partial charge >= 0.3 is 6.18 Å². The zero-order chi connectivity index (χ0) is 14.0. The molecule has 6 nitrogen and oxygen atoms in total. The lowest BCUT2D eigenvalue weighted by Crippen LogP contribution is -2.57. The average molecular weight is 295 g/mol. The minimum atomic E-state index is -4.56. The van der Waals surface area contributed by atoms with Gasteiger partial charge in [-0.2, -0.15) is 22.5 Å². The molecule has 19 heavy (non-hydrogen) atoms. The number of hydrogen-bond acceptors (Lipinski definition) is 6. The number of nitrogens with one attached hydrogen (secondary N) is 2. The molecule has 0 aliphatic carbocycles. The second kappa shape index (κ2) is 5.29. The molecule has 0 radical (unpaired) electrons. The van der Waals surface area contributed by atoms with Crippen LogP contribution in [-0.2, 0) is 11.0 Å². The van der Waals surface area contributed by atoms with Gasteiger partial charge in [0.15, 0.2) is 0 Å². The summed E-state index contributed by atoms with van der Waals surface area (Å²) in [5, 5.41) is 5.62. The van der Waals surface area contributed by atoms with Crippen LogP contribution in [-0.4, -0.2) is 48.0 Å². The third-order valence-corrected chi connectivity index (χ3v) is 3.46.